The van der Waals surface area contributed by atoms with Crippen LogP contribution in [0, 0.1) is 0 Å². The number of urea groups is 1. The molecule has 0 atom stereocenters. The number of carbonyl (C=O) groups is 1. The summed E-state index contributed by atoms with van der Waals surface area (Å²) < 4.78 is 0. The first-order valence-corrected chi connectivity index (χ1v) is 5.95. The summed E-state index contributed by atoms with van der Waals surface area (Å²) in [7, 11) is 0. The molecule has 0 bridgehead atoms. The van der Waals surface area contributed by atoms with Gasteiger partial charge in [-0.05, 0) is 37.6 Å². The van der Waals surface area contributed by atoms with Crippen LogP contribution >= 0.6 is 0 Å². The minimum Gasteiger partial charge on any atom is -0.352 e. The SMILES string of the molecule is C=Nc1ccccc1/C=C\CC1(NC(N)=O)CC1. The van der Waals surface area contributed by atoms with Gasteiger partial charge in [-0.3, -0.25) is 4.99 Å². The molecule has 0 aliphatic heterocycles. The van der Waals surface area contributed by atoms with Gasteiger partial charge in [-0.2, -0.15) is 0 Å². The van der Waals surface area contributed by atoms with Crippen LogP contribution < -0.4 is 11.1 Å². The fourth-order valence-corrected chi connectivity index (χ4v) is 1.98. The van der Waals surface area contributed by atoms with Gasteiger partial charge in [-0.25, -0.2) is 4.79 Å². The molecular formula is C14H17N3O. The van der Waals surface area contributed by atoms with Crippen molar-refractivity contribution in [3.8, 4) is 0 Å². The zero-order valence-corrected chi connectivity index (χ0v) is 10.2. The molecule has 1 aliphatic rings. The Morgan fingerprint density at radius 2 is 2.22 bits per heavy atom. The van der Waals surface area contributed by atoms with E-state index in [1.54, 1.807) is 0 Å². The van der Waals surface area contributed by atoms with Crippen LogP contribution in [-0.2, 0) is 0 Å². The Balaban J connectivity index is 1.99. The lowest BCUT2D eigenvalue weighted by atomic mass is 10.1. The molecule has 0 unspecified atom stereocenters. The second-order valence-corrected chi connectivity index (χ2v) is 4.59. The third-order valence-corrected chi connectivity index (χ3v) is 3.16. The molecule has 0 aromatic heterocycles. The molecule has 2 rings (SSSR count). The van der Waals surface area contributed by atoms with Gasteiger partial charge in [-0.15, -0.1) is 0 Å². The number of para-hydroxylation sites is 1. The third kappa shape index (κ3) is 2.97. The zero-order chi connectivity index (χ0) is 13.0. The van der Waals surface area contributed by atoms with E-state index in [0.717, 1.165) is 30.5 Å². The van der Waals surface area contributed by atoms with Crippen molar-refractivity contribution in [1.29, 1.82) is 0 Å². The van der Waals surface area contributed by atoms with Crippen molar-refractivity contribution in [1.82, 2.24) is 5.32 Å². The lowest BCUT2D eigenvalue weighted by molar-refractivity contribution is 0.244. The van der Waals surface area contributed by atoms with Gasteiger partial charge >= 0.3 is 6.03 Å². The quantitative estimate of drug-likeness (QED) is 0.767. The van der Waals surface area contributed by atoms with Crippen LogP contribution in [0.25, 0.3) is 6.08 Å². The summed E-state index contributed by atoms with van der Waals surface area (Å²) in [5.41, 5.74) is 6.93. The maximum Gasteiger partial charge on any atom is 0.312 e. The monoisotopic (exact) mass is 243 g/mol. The second kappa shape index (κ2) is 5.04. The topological polar surface area (TPSA) is 67.5 Å². The van der Waals surface area contributed by atoms with E-state index in [0.29, 0.717) is 0 Å². The molecule has 0 saturated heterocycles. The lowest BCUT2D eigenvalue weighted by Gasteiger charge is -2.12. The van der Waals surface area contributed by atoms with Crippen molar-refractivity contribution in [3.63, 3.8) is 0 Å². The maximum atomic E-state index is 10.9. The average Bonchev–Trinajstić information content (AvgIpc) is 3.09. The van der Waals surface area contributed by atoms with Crippen molar-refractivity contribution in [2.24, 2.45) is 10.7 Å². The van der Waals surface area contributed by atoms with E-state index in [4.69, 9.17) is 5.73 Å². The fraction of sp³-hybridized carbons (Fsp3) is 0.286. The van der Waals surface area contributed by atoms with Gasteiger partial charge in [0.05, 0.1) is 5.69 Å². The van der Waals surface area contributed by atoms with Crippen LogP contribution in [0.4, 0.5) is 10.5 Å². The predicted octanol–water partition coefficient (Wildman–Crippen LogP) is 2.62. The Hall–Kier alpha value is -2.10. The van der Waals surface area contributed by atoms with Gasteiger partial charge in [0.1, 0.15) is 0 Å². The molecule has 0 radical (unpaired) electrons. The molecule has 1 saturated carbocycles. The number of rotatable bonds is 5. The van der Waals surface area contributed by atoms with Crippen molar-refractivity contribution >= 4 is 24.5 Å². The average molecular weight is 243 g/mol. The second-order valence-electron chi connectivity index (χ2n) is 4.59. The number of hydrogen-bond donors (Lipinski definition) is 2. The van der Waals surface area contributed by atoms with E-state index in [-0.39, 0.29) is 5.54 Å². The molecule has 0 heterocycles. The molecule has 1 aromatic carbocycles. The van der Waals surface area contributed by atoms with E-state index in [2.05, 4.69) is 17.0 Å². The Kier molecular flexibility index (Phi) is 3.46. The summed E-state index contributed by atoms with van der Waals surface area (Å²) in [6, 6.07) is 7.35. The van der Waals surface area contributed by atoms with Crippen LogP contribution in [0.3, 0.4) is 0 Å². The summed E-state index contributed by atoms with van der Waals surface area (Å²) in [6.07, 6.45) is 6.82. The highest BCUT2D eigenvalue weighted by Crippen LogP contribution is 2.39. The molecule has 94 valence electrons. The van der Waals surface area contributed by atoms with Crippen molar-refractivity contribution in [2.75, 3.05) is 0 Å². The molecule has 4 nitrogen and oxygen atoms in total. The number of benzene rings is 1. The normalized spacial score (nSPS) is 16.4. The number of carbonyl (C=O) groups excluding carboxylic acids is 1. The first-order chi connectivity index (χ1) is 8.65. The number of nitrogens with one attached hydrogen (secondary N) is 1. The lowest BCUT2D eigenvalue weighted by Crippen LogP contribution is -2.40. The maximum absolute atomic E-state index is 10.9. The Labute approximate surface area is 107 Å². The molecule has 18 heavy (non-hydrogen) atoms. The Morgan fingerprint density at radius 1 is 1.50 bits per heavy atom. The molecule has 1 fully saturated rings. The first-order valence-electron chi connectivity index (χ1n) is 5.95. The smallest absolute Gasteiger partial charge is 0.312 e. The predicted molar refractivity (Wildman–Crippen MR) is 74.0 cm³/mol. The van der Waals surface area contributed by atoms with Crippen molar-refractivity contribution < 1.29 is 4.79 Å². The van der Waals surface area contributed by atoms with Crippen molar-refractivity contribution in [2.45, 2.75) is 24.8 Å². The summed E-state index contributed by atoms with van der Waals surface area (Å²) in [5.74, 6) is 0. The van der Waals surface area contributed by atoms with Crippen LogP contribution in [0.1, 0.15) is 24.8 Å². The summed E-state index contributed by atoms with van der Waals surface area (Å²) >= 11 is 0. The van der Waals surface area contributed by atoms with Crippen LogP contribution in [0.15, 0.2) is 35.3 Å². The zero-order valence-electron chi connectivity index (χ0n) is 10.2. The van der Waals surface area contributed by atoms with Gasteiger partial charge in [0.25, 0.3) is 0 Å². The van der Waals surface area contributed by atoms with Crippen LogP contribution in [0.2, 0.25) is 0 Å². The largest absolute Gasteiger partial charge is 0.352 e. The van der Waals surface area contributed by atoms with E-state index in [1.165, 1.54) is 0 Å². The standard InChI is InChI=1S/C14H17N3O/c1-16-12-7-3-2-5-11(12)6-4-8-14(9-10-14)17-13(15)18/h2-7H,1,8-10H2,(H3,15,17,18)/b6-4-. The number of primary amides is 1. The molecule has 0 spiro atoms. The van der Waals surface area contributed by atoms with E-state index < -0.39 is 6.03 Å². The van der Waals surface area contributed by atoms with Gasteiger partial charge in [0, 0.05) is 5.54 Å². The van der Waals surface area contributed by atoms with E-state index >= 15 is 0 Å². The van der Waals surface area contributed by atoms with Crippen molar-refractivity contribution in [3.05, 3.63) is 35.9 Å². The third-order valence-electron chi connectivity index (χ3n) is 3.16. The van der Waals surface area contributed by atoms with Gasteiger partial charge in [0.15, 0.2) is 0 Å². The molecule has 1 aliphatic carbocycles. The Bertz CT molecular complexity index is 490. The number of hydrogen-bond acceptors (Lipinski definition) is 2. The number of nitrogens with zero attached hydrogens (tertiary/aromatic N) is 1. The minimum atomic E-state index is -0.450. The van der Waals surface area contributed by atoms with E-state index in [9.17, 15) is 4.79 Å². The summed E-state index contributed by atoms with van der Waals surface area (Å²) in [5, 5.41) is 2.80. The molecule has 2 amide bonds. The minimum absolute atomic E-state index is 0.112. The van der Waals surface area contributed by atoms with E-state index in [1.807, 2.05) is 36.4 Å². The first kappa shape index (κ1) is 12.4. The highest BCUT2D eigenvalue weighted by Gasteiger charge is 2.42. The van der Waals surface area contributed by atoms with Gasteiger partial charge < -0.3 is 11.1 Å². The highest BCUT2D eigenvalue weighted by molar-refractivity contribution is 5.73. The number of nitrogens with two attached hydrogens (primary N) is 1. The molecular weight excluding hydrogens is 226 g/mol. The highest BCUT2D eigenvalue weighted by atomic mass is 16.2. The molecule has 4 heteroatoms. The summed E-state index contributed by atoms with van der Waals surface area (Å²) in [6.45, 7) is 3.54. The fourth-order valence-electron chi connectivity index (χ4n) is 1.98. The van der Waals surface area contributed by atoms with Crippen LogP contribution in [-0.4, -0.2) is 18.3 Å². The molecule has 3 N–H and O–H groups in total. The number of amides is 2. The summed E-state index contributed by atoms with van der Waals surface area (Å²) in [4.78, 5) is 14.8. The number of aliphatic imine (C=N–C) groups is 1. The van der Waals surface area contributed by atoms with Gasteiger partial charge in [-0.1, -0.05) is 30.4 Å². The van der Waals surface area contributed by atoms with Gasteiger partial charge in [0.2, 0.25) is 0 Å². The molecule has 1 aromatic rings. The Morgan fingerprint density at radius 3 is 2.83 bits per heavy atom. The van der Waals surface area contributed by atoms with Crippen LogP contribution in [0.5, 0.6) is 0 Å².